The monoisotopic (exact) mass is 623 g/mol. The van der Waals surface area contributed by atoms with Crippen molar-refractivity contribution >= 4 is 17.5 Å². The van der Waals surface area contributed by atoms with Crippen LogP contribution in [0.1, 0.15) is 51.2 Å². The van der Waals surface area contributed by atoms with Crippen LogP contribution in [0.2, 0.25) is 0 Å². The van der Waals surface area contributed by atoms with Crippen molar-refractivity contribution in [3.8, 4) is 11.5 Å². The summed E-state index contributed by atoms with van der Waals surface area (Å²) in [6, 6.07) is 10.6. The molecule has 0 spiro atoms. The highest BCUT2D eigenvalue weighted by Gasteiger charge is 2.64. The summed E-state index contributed by atoms with van der Waals surface area (Å²) in [5, 5.41) is 8.91. The molecule has 4 atom stereocenters. The van der Waals surface area contributed by atoms with Gasteiger partial charge >= 0.3 is 18.8 Å². The molecule has 1 saturated carbocycles. The number of carbonyl (C=O) groups excluding carboxylic acids is 2. The second-order valence-corrected chi connectivity index (χ2v) is 11.2. The molecule has 2 aliphatic carbocycles. The summed E-state index contributed by atoms with van der Waals surface area (Å²) in [5.74, 6) is -4.27. The van der Waals surface area contributed by atoms with E-state index in [0.29, 0.717) is 6.42 Å². The number of allylic oxidation sites excluding steroid dienone is 4. The van der Waals surface area contributed by atoms with Crippen molar-refractivity contribution in [3.05, 3.63) is 83.5 Å². The number of hydrogen-bond donors (Lipinski definition) is 1. The summed E-state index contributed by atoms with van der Waals surface area (Å²) in [5.41, 5.74) is -1.95. The van der Waals surface area contributed by atoms with E-state index in [9.17, 15) is 35.9 Å². The average molecular weight is 624 g/mol. The van der Waals surface area contributed by atoms with Gasteiger partial charge in [-0.1, -0.05) is 48.1 Å². The van der Waals surface area contributed by atoms with Gasteiger partial charge in [0, 0.05) is 24.0 Å². The predicted octanol–water partition coefficient (Wildman–Crippen LogP) is 7.65. The van der Waals surface area contributed by atoms with Gasteiger partial charge < -0.3 is 19.6 Å². The zero-order chi connectivity index (χ0) is 32.4. The SMILES string of the molecule is CC(=O)OC(C)(C)C(=O)C1C(=N)C1C(CC1=CCCC=C1)(c1cccc(OC(F)C(F)F)c1)c1cccc(OC(F)(F)F)c1. The van der Waals surface area contributed by atoms with Crippen LogP contribution in [0.4, 0.5) is 26.3 Å². The Morgan fingerprint density at radius 2 is 1.59 bits per heavy atom. The average Bonchev–Trinajstić information content (AvgIpc) is 3.60. The topological polar surface area (TPSA) is 85.7 Å². The first-order valence-electron chi connectivity index (χ1n) is 13.8. The number of ketones is 1. The summed E-state index contributed by atoms with van der Waals surface area (Å²) in [6.07, 6.45) is -4.30. The minimum atomic E-state index is -5.02. The minimum absolute atomic E-state index is 0.0567. The molecule has 0 aliphatic heterocycles. The van der Waals surface area contributed by atoms with Gasteiger partial charge in [0.25, 0.3) is 6.36 Å². The van der Waals surface area contributed by atoms with Crippen molar-refractivity contribution < 1.29 is 50.1 Å². The molecule has 0 radical (unpaired) electrons. The predicted molar refractivity (Wildman–Crippen MR) is 149 cm³/mol. The fourth-order valence-electron chi connectivity index (χ4n) is 5.85. The zero-order valence-corrected chi connectivity index (χ0v) is 24.1. The summed E-state index contributed by atoms with van der Waals surface area (Å²) < 4.78 is 94.0. The van der Waals surface area contributed by atoms with Crippen LogP contribution in [0.25, 0.3) is 0 Å². The molecular formula is C32H31F6NO5. The van der Waals surface area contributed by atoms with Gasteiger partial charge in [0.2, 0.25) is 0 Å². The van der Waals surface area contributed by atoms with Gasteiger partial charge in [0.05, 0.1) is 5.92 Å². The number of nitrogens with one attached hydrogen (secondary N) is 1. The van der Waals surface area contributed by atoms with Gasteiger partial charge in [-0.25, -0.2) is 8.78 Å². The standard InChI is InChI=1S/C32H31F6NO5/c1-18(40)43-30(2,3)27(41)24-25(26(24)39)31(17-19-9-5-4-6-10-19,21-12-8-14-23(16-21)44-32(36,37)38)20-11-7-13-22(15-20)42-29(35)28(33)34/h5,7-16,24-25,28-29,39H,4,6,17H2,1-3H3. The third kappa shape index (κ3) is 7.16. The van der Waals surface area contributed by atoms with E-state index in [1.54, 1.807) is 6.07 Å². The van der Waals surface area contributed by atoms with E-state index in [4.69, 9.17) is 14.9 Å². The molecule has 2 aromatic carbocycles. The van der Waals surface area contributed by atoms with Gasteiger partial charge in [0.15, 0.2) is 11.4 Å². The molecule has 0 bridgehead atoms. The Morgan fingerprint density at radius 1 is 0.977 bits per heavy atom. The first-order chi connectivity index (χ1) is 20.5. The molecule has 44 heavy (non-hydrogen) atoms. The van der Waals surface area contributed by atoms with E-state index in [1.165, 1.54) is 44.2 Å². The number of hydrogen-bond acceptors (Lipinski definition) is 6. The lowest BCUT2D eigenvalue weighted by Crippen LogP contribution is -2.40. The molecule has 12 heteroatoms. The van der Waals surface area contributed by atoms with E-state index in [0.717, 1.165) is 31.1 Å². The number of ether oxygens (including phenoxy) is 3. The molecule has 0 saturated heterocycles. The molecule has 4 rings (SSSR count). The number of halogens is 6. The molecule has 0 amide bonds. The molecule has 6 nitrogen and oxygen atoms in total. The molecule has 1 fully saturated rings. The van der Waals surface area contributed by atoms with Gasteiger partial charge in [-0.05, 0) is 68.5 Å². The number of benzene rings is 2. The van der Waals surface area contributed by atoms with Gasteiger partial charge in [-0.3, -0.25) is 9.59 Å². The maximum atomic E-state index is 13.9. The molecule has 2 aliphatic rings. The fraction of sp³-hybridized carbons (Fsp3) is 0.406. The lowest BCUT2D eigenvalue weighted by molar-refractivity contribution is -0.274. The molecule has 0 heterocycles. The lowest BCUT2D eigenvalue weighted by Gasteiger charge is -2.37. The third-order valence-electron chi connectivity index (χ3n) is 7.63. The molecule has 4 unspecified atom stereocenters. The number of esters is 1. The van der Waals surface area contributed by atoms with Crippen LogP contribution in [0.15, 0.2) is 72.3 Å². The van der Waals surface area contributed by atoms with Crippen LogP contribution in [-0.2, 0) is 19.7 Å². The van der Waals surface area contributed by atoms with E-state index in [2.05, 4.69) is 4.74 Å². The maximum Gasteiger partial charge on any atom is 0.573 e. The van der Waals surface area contributed by atoms with Gasteiger partial charge in [-0.2, -0.15) is 4.39 Å². The molecule has 2 aromatic rings. The third-order valence-corrected chi connectivity index (χ3v) is 7.63. The van der Waals surface area contributed by atoms with Crippen LogP contribution in [0.5, 0.6) is 11.5 Å². The smallest absolute Gasteiger partial charge is 0.454 e. The Morgan fingerprint density at radius 3 is 2.14 bits per heavy atom. The highest BCUT2D eigenvalue weighted by Crippen LogP contribution is 2.58. The molecular weight excluding hydrogens is 592 g/mol. The number of carbonyl (C=O) groups is 2. The van der Waals surface area contributed by atoms with Crippen molar-refractivity contribution in [1.29, 1.82) is 5.41 Å². The summed E-state index contributed by atoms with van der Waals surface area (Å²) >= 11 is 0. The van der Waals surface area contributed by atoms with Crippen molar-refractivity contribution in [2.24, 2.45) is 11.8 Å². The van der Waals surface area contributed by atoms with Crippen LogP contribution in [0.3, 0.4) is 0 Å². The molecule has 1 N–H and O–H groups in total. The largest absolute Gasteiger partial charge is 0.573 e. The van der Waals surface area contributed by atoms with Crippen molar-refractivity contribution in [2.75, 3.05) is 0 Å². The highest BCUT2D eigenvalue weighted by atomic mass is 19.4. The second-order valence-electron chi connectivity index (χ2n) is 11.2. The Labute approximate surface area is 250 Å². The van der Waals surface area contributed by atoms with Crippen molar-refractivity contribution in [3.63, 3.8) is 0 Å². The second kappa shape index (κ2) is 12.5. The summed E-state index contributed by atoms with van der Waals surface area (Å²) in [6.45, 7) is 3.89. The quantitative estimate of drug-likeness (QED) is 0.194. The van der Waals surface area contributed by atoms with E-state index < -0.39 is 59.5 Å². The summed E-state index contributed by atoms with van der Waals surface area (Å²) in [7, 11) is 0. The van der Waals surface area contributed by atoms with Crippen LogP contribution in [0, 0.1) is 17.2 Å². The van der Waals surface area contributed by atoms with Gasteiger partial charge in [0.1, 0.15) is 11.5 Å². The van der Waals surface area contributed by atoms with E-state index in [-0.39, 0.29) is 29.0 Å². The van der Waals surface area contributed by atoms with Crippen molar-refractivity contribution in [1.82, 2.24) is 0 Å². The Bertz CT molecular complexity index is 1480. The van der Waals surface area contributed by atoms with Gasteiger partial charge in [-0.15, -0.1) is 13.2 Å². The van der Waals surface area contributed by atoms with Crippen LogP contribution >= 0.6 is 0 Å². The number of alkyl halides is 6. The highest BCUT2D eigenvalue weighted by molar-refractivity contribution is 6.21. The molecule has 0 aromatic heterocycles. The maximum absolute atomic E-state index is 13.9. The lowest BCUT2D eigenvalue weighted by atomic mass is 9.65. The first-order valence-corrected chi connectivity index (χ1v) is 13.8. The minimum Gasteiger partial charge on any atom is -0.454 e. The van der Waals surface area contributed by atoms with Crippen LogP contribution < -0.4 is 9.47 Å². The Balaban J connectivity index is 1.95. The molecule has 236 valence electrons. The Hall–Kier alpha value is -4.09. The number of Topliss-reactive ketones (excluding diaryl/α,β-unsaturated/α-hetero) is 1. The normalized spacial score (nSPS) is 20.4. The fourth-order valence-corrected chi connectivity index (χ4v) is 5.85. The van der Waals surface area contributed by atoms with Crippen molar-refractivity contribution in [2.45, 2.75) is 70.2 Å². The zero-order valence-electron chi connectivity index (χ0n) is 24.1. The number of rotatable bonds is 12. The summed E-state index contributed by atoms with van der Waals surface area (Å²) in [4.78, 5) is 25.5. The van der Waals surface area contributed by atoms with E-state index in [1.807, 2.05) is 18.2 Å². The van der Waals surface area contributed by atoms with E-state index >= 15 is 0 Å². The Kier molecular flexibility index (Phi) is 9.32. The van der Waals surface area contributed by atoms with Crippen LogP contribution in [-0.4, -0.2) is 42.2 Å². The first kappa shape index (κ1) is 32.8.